The highest BCUT2D eigenvalue weighted by Crippen LogP contribution is 2.04. The Morgan fingerprint density at radius 3 is 2.22 bits per heavy atom. The monoisotopic (exact) mass is 277 g/mol. The van der Waals surface area contributed by atoms with Crippen LogP contribution in [-0.4, -0.2) is 40.2 Å². The second kappa shape index (κ2) is 8.24. The van der Waals surface area contributed by atoms with Gasteiger partial charge in [0.05, 0.1) is 13.5 Å². The van der Waals surface area contributed by atoms with Crippen LogP contribution >= 0.6 is 0 Å². The highest BCUT2D eigenvalue weighted by atomic mass is 32.2. The predicted molar refractivity (Wildman–Crippen MR) is 71.5 cm³/mol. The van der Waals surface area contributed by atoms with Gasteiger partial charge in [0.15, 0.2) is 0 Å². The van der Waals surface area contributed by atoms with E-state index >= 15 is 0 Å². The summed E-state index contributed by atoms with van der Waals surface area (Å²) in [7, 11) is -0.0729. The molecule has 0 bridgehead atoms. The summed E-state index contributed by atoms with van der Waals surface area (Å²) in [6, 6.07) is 0.0467. The third-order valence-corrected chi connectivity index (χ3v) is 4.40. The van der Waals surface area contributed by atoms with Crippen LogP contribution < -0.4 is 5.32 Å². The number of amides is 1. The molecule has 0 saturated heterocycles. The lowest BCUT2D eigenvalue weighted by Gasteiger charge is -2.18. The highest BCUT2D eigenvalue weighted by Gasteiger charge is 2.20. The summed E-state index contributed by atoms with van der Waals surface area (Å²) in [4.78, 5) is 22.6. The quantitative estimate of drug-likeness (QED) is 0.700. The molecule has 0 aliphatic carbocycles. The van der Waals surface area contributed by atoms with E-state index in [1.807, 2.05) is 20.8 Å². The summed E-state index contributed by atoms with van der Waals surface area (Å²) in [6.07, 6.45) is 0.0656. The van der Waals surface area contributed by atoms with Gasteiger partial charge in [-0.2, -0.15) is 0 Å². The SMILES string of the molecule is COC(=O)CC(C)S(=O)CC(=O)NC(C)C(C)C. The Morgan fingerprint density at radius 2 is 1.78 bits per heavy atom. The predicted octanol–water partition coefficient (Wildman–Crippen LogP) is 0.847. The van der Waals surface area contributed by atoms with Gasteiger partial charge in [0.25, 0.3) is 0 Å². The van der Waals surface area contributed by atoms with Crippen molar-refractivity contribution >= 4 is 22.7 Å². The van der Waals surface area contributed by atoms with Gasteiger partial charge in [0.1, 0.15) is 5.75 Å². The van der Waals surface area contributed by atoms with E-state index in [1.54, 1.807) is 6.92 Å². The molecule has 0 aromatic rings. The zero-order valence-corrected chi connectivity index (χ0v) is 12.5. The maximum absolute atomic E-state index is 11.8. The van der Waals surface area contributed by atoms with Gasteiger partial charge in [-0.1, -0.05) is 20.8 Å². The second-order valence-corrected chi connectivity index (χ2v) is 6.57. The number of carbonyl (C=O) groups is 2. The summed E-state index contributed by atoms with van der Waals surface area (Å²) in [5, 5.41) is 2.41. The number of ether oxygens (including phenoxy) is 1. The smallest absolute Gasteiger partial charge is 0.306 e. The number of hydrogen-bond donors (Lipinski definition) is 1. The minimum atomic E-state index is -1.36. The average Bonchev–Trinajstić information content (AvgIpc) is 2.27. The largest absolute Gasteiger partial charge is 0.469 e. The van der Waals surface area contributed by atoms with Crippen molar-refractivity contribution in [2.24, 2.45) is 5.92 Å². The van der Waals surface area contributed by atoms with Crippen molar-refractivity contribution in [3.8, 4) is 0 Å². The average molecular weight is 277 g/mol. The summed E-state index contributed by atoms with van der Waals surface area (Å²) < 4.78 is 16.3. The van der Waals surface area contributed by atoms with Crippen molar-refractivity contribution in [2.75, 3.05) is 12.9 Å². The van der Waals surface area contributed by atoms with Gasteiger partial charge < -0.3 is 10.1 Å². The van der Waals surface area contributed by atoms with E-state index in [-0.39, 0.29) is 29.4 Å². The number of hydrogen-bond acceptors (Lipinski definition) is 4. The fourth-order valence-electron chi connectivity index (χ4n) is 1.14. The molecule has 0 spiro atoms. The van der Waals surface area contributed by atoms with E-state index in [0.29, 0.717) is 5.92 Å². The van der Waals surface area contributed by atoms with Crippen LogP contribution in [0.15, 0.2) is 0 Å². The van der Waals surface area contributed by atoms with Crippen LogP contribution in [0.4, 0.5) is 0 Å². The Balaban J connectivity index is 4.15. The van der Waals surface area contributed by atoms with E-state index in [1.165, 1.54) is 7.11 Å². The van der Waals surface area contributed by atoms with Crippen molar-refractivity contribution in [1.82, 2.24) is 5.32 Å². The second-order valence-electron chi connectivity index (χ2n) is 4.72. The van der Waals surface area contributed by atoms with Crippen molar-refractivity contribution in [2.45, 2.75) is 45.4 Å². The van der Waals surface area contributed by atoms with Crippen molar-refractivity contribution in [3.63, 3.8) is 0 Å². The molecule has 6 heteroatoms. The Morgan fingerprint density at radius 1 is 1.22 bits per heavy atom. The highest BCUT2D eigenvalue weighted by molar-refractivity contribution is 7.86. The van der Waals surface area contributed by atoms with Gasteiger partial charge in [-0.25, -0.2) is 0 Å². The molecule has 1 N–H and O–H groups in total. The lowest BCUT2D eigenvalue weighted by molar-refractivity contribution is -0.140. The van der Waals surface area contributed by atoms with E-state index in [0.717, 1.165) is 0 Å². The van der Waals surface area contributed by atoms with Crippen LogP contribution in [0.25, 0.3) is 0 Å². The topological polar surface area (TPSA) is 72.5 Å². The van der Waals surface area contributed by atoms with Crippen molar-refractivity contribution in [3.05, 3.63) is 0 Å². The Bertz CT molecular complexity index is 317. The zero-order chi connectivity index (χ0) is 14.3. The molecule has 18 heavy (non-hydrogen) atoms. The molecule has 0 heterocycles. The number of carbonyl (C=O) groups excluding carboxylic acids is 2. The minimum Gasteiger partial charge on any atom is -0.469 e. The molecule has 0 aliphatic rings. The van der Waals surface area contributed by atoms with Crippen LogP contribution in [0.5, 0.6) is 0 Å². The van der Waals surface area contributed by atoms with Crippen molar-refractivity contribution < 1.29 is 18.5 Å². The van der Waals surface area contributed by atoms with Crippen LogP contribution in [0.2, 0.25) is 0 Å². The molecule has 0 saturated carbocycles. The third kappa shape index (κ3) is 6.74. The molecular weight excluding hydrogens is 254 g/mol. The van der Waals surface area contributed by atoms with Crippen molar-refractivity contribution in [1.29, 1.82) is 0 Å². The Hall–Kier alpha value is -0.910. The summed E-state index contributed by atoms with van der Waals surface area (Å²) in [6.45, 7) is 7.58. The first-order chi connectivity index (χ1) is 8.27. The Labute approximate surface area is 111 Å². The summed E-state index contributed by atoms with van der Waals surface area (Å²) in [5.41, 5.74) is 0. The van der Waals surface area contributed by atoms with Gasteiger partial charge in [-0.15, -0.1) is 0 Å². The van der Waals surface area contributed by atoms with Gasteiger partial charge >= 0.3 is 5.97 Å². The molecule has 0 aliphatic heterocycles. The molecule has 0 radical (unpaired) electrons. The molecule has 1 amide bonds. The fraction of sp³-hybridized carbons (Fsp3) is 0.833. The number of esters is 1. The van der Waals surface area contributed by atoms with Gasteiger partial charge in [0, 0.05) is 22.1 Å². The van der Waals surface area contributed by atoms with E-state index in [4.69, 9.17) is 0 Å². The lowest BCUT2D eigenvalue weighted by atomic mass is 10.1. The fourth-order valence-corrected chi connectivity index (χ4v) is 2.09. The lowest BCUT2D eigenvalue weighted by Crippen LogP contribution is -2.39. The molecule has 106 valence electrons. The first-order valence-electron chi connectivity index (χ1n) is 6.01. The maximum Gasteiger partial charge on any atom is 0.306 e. The first kappa shape index (κ1) is 17.1. The van der Waals surface area contributed by atoms with Crippen LogP contribution in [0, 0.1) is 5.92 Å². The first-order valence-corrected chi connectivity index (χ1v) is 7.39. The van der Waals surface area contributed by atoms with Gasteiger partial charge in [0.2, 0.25) is 5.91 Å². The molecule has 0 aromatic carbocycles. The summed E-state index contributed by atoms with van der Waals surface area (Å²) >= 11 is 0. The Kier molecular flexibility index (Phi) is 7.82. The maximum atomic E-state index is 11.8. The third-order valence-electron chi connectivity index (χ3n) is 2.79. The molecule has 0 rings (SSSR count). The van der Waals surface area contributed by atoms with Gasteiger partial charge in [-0.3, -0.25) is 13.8 Å². The van der Waals surface area contributed by atoms with Crippen LogP contribution in [0.3, 0.4) is 0 Å². The van der Waals surface area contributed by atoms with E-state index in [2.05, 4.69) is 10.1 Å². The van der Waals surface area contributed by atoms with E-state index < -0.39 is 16.8 Å². The molecule has 0 fully saturated rings. The molecule has 3 atom stereocenters. The van der Waals surface area contributed by atoms with Crippen LogP contribution in [-0.2, 0) is 25.1 Å². The standard InChI is InChI=1S/C12H23NO4S/c1-8(2)10(4)13-11(14)7-18(16)9(3)6-12(15)17-5/h8-10H,6-7H2,1-5H3,(H,13,14). The molecule has 0 aromatic heterocycles. The van der Waals surface area contributed by atoms with Gasteiger partial charge in [-0.05, 0) is 12.8 Å². The summed E-state index contributed by atoms with van der Waals surface area (Å²) in [5.74, 6) is -0.400. The number of nitrogens with one attached hydrogen (secondary N) is 1. The number of rotatable bonds is 7. The molecular formula is C12H23NO4S. The normalized spacial score (nSPS) is 15.9. The number of methoxy groups -OCH3 is 1. The molecule has 3 unspecified atom stereocenters. The van der Waals surface area contributed by atoms with Crippen LogP contribution in [0.1, 0.15) is 34.1 Å². The minimum absolute atomic E-state index is 0.0467. The molecule has 5 nitrogen and oxygen atoms in total. The van der Waals surface area contributed by atoms with E-state index in [9.17, 15) is 13.8 Å². The zero-order valence-electron chi connectivity index (χ0n) is 11.7.